The van der Waals surface area contributed by atoms with Crippen molar-refractivity contribution in [1.29, 1.82) is 0 Å². The Hall–Kier alpha value is -0.900. The highest BCUT2D eigenvalue weighted by atomic mass is 15.3. The van der Waals surface area contributed by atoms with E-state index in [0.717, 1.165) is 18.8 Å². The first-order chi connectivity index (χ1) is 5.74. The van der Waals surface area contributed by atoms with Crippen molar-refractivity contribution in [3.63, 3.8) is 0 Å². The Labute approximate surface area is 73.0 Å². The van der Waals surface area contributed by atoms with Crippen LogP contribution in [0.4, 0.5) is 0 Å². The molecule has 1 aromatic heterocycles. The van der Waals surface area contributed by atoms with Crippen LogP contribution in [-0.4, -0.2) is 20.8 Å². The van der Waals surface area contributed by atoms with E-state index < -0.39 is 0 Å². The Kier molecular flexibility index (Phi) is 3.22. The lowest BCUT2D eigenvalue weighted by Gasteiger charge is -2.09. The maximum Gasteiger partial charge on any atom is 0.146 e. The van der Waals surface area contributed by atoms with Crippen LogP contribution in [-0.2, 0) is 13.6 Å². The van der Waals surface area contributed by atoms with Crippen molar-refractivity contribution in [2.24, 2.45) is 7.05 Å². The van der Waals surface area contributed by atoms with Crippen LogP contribution in [0.5, 0.6) is 0 Å². The van der Waals surface area contributed by atoms with Gasteiger partial charge in [-0.15, -0.1) is 10.2 Å². The predicted molar refractivity (Wildman–Crippen MR) is 47.6 cm³/mol. The standard InChI is InChI=1S/C8H16N4/c1-4-7(2)9-5-8-11-10-6-12(8)3/h6-7,9H,4-5H2,1-3H3. The first-order valence-corrected chi connectivity index (χ1v) is 4.30. The topological polar surface area (TPSA) is 42.7 Å². The number of aromatic nitrogens is 3. The summed E-state index contributed by atoms with van der Waals surface area (Å²) in [6.07, 6.45) is 2.85. The quantitative estimate of drug-likeness (QED) is 0.719. The van der Waals surface area contributed by atoms with Crippen LogP contribution in [0, 0.1) is 0 Å². The van der Waals surface area contributed by atoms with Gasteiger partial charge in [-0.05, 0) is 13.3 Å². The molecule has 12 heavy (non-hydrogen) atoms. The summed E-state index contributed by atoms with van der Waals surface area (Å²) >= 11 is 0. The van der Waals surface area contributed by atoms with Gasteiger partial charge in [0.05, 0.1) is 6.54 Å². The molecule has 1 rings (SSSR count). The molecule has 0 spiro atoms. The second-order valence-corrected chi connectivity index (χ2v) is 3.05. The number of hydrogen-bond acceptors (Lipinski definition) is 3. The SMILES string of the molecule is CCC(C)NCc1nncn1C. The summed E-state index contributed by atoms with van der Waals surface area (Å²) in [7, 11) is 1.95. The molecule has 68 valence electrons. The van der Waals surface area contributed by atoms with Gasteiger partial charge < -0.3 is 9.88 Å². The molecule has 0 fully saturated rings. The fraction of sp³-hybridized carbons (Fsp3) is 0.750. The van der Waals surface area contributed by atoms with Crippen LogP contribution in [0.2, 0.25) is 0 Å². The molecular weight excluding hydrogens is 152 g/mol. The predicted octanol–water partition coefficient (Wildman–Crippen LogP) is 0.703. The number of hydrogen-bond donors (Lipinski definition) is 1. The third-order valence-corrected chi connectivity index (χ3v) is 2.03. The number of nitrogens with one attached hydrogen (secondary N) is 1. The summed E-state index contributed by atoms with van der Waals surface area (Å²) in [5.74, 6) is 0.982. The van der Waals surface area contributed by atoms with E-state index in [1.54, 1.807) is 6.33 Å². The summed E-state index contributed by atoms with van der Waals surface area (Å²) in [6.45, 7) is 5.12. The van der Waals surface area contributed by atoms with Crippen molar-refractivity contribution in [3.05, 3.63) is 12.2 Å². The fourth-order valence-corrected chi connectivity index (χ4v) is 0.877. The smallest absolute Gasteiger partial charge is 0.146 e. The van der Waals surface area contributed by atoms with Gasteiger partial charge in [0.1, 0.15) is 12.2 Å². The van der Waals surface area contributed by atoms with E-state index in [-0.39, 0.29) is 0 Å². The van der Waals surface area contributed by atoms with E-state index in [1.165, 1.54) is 0 Å². The average molecular weight is 168 g/mol. The van der Waals surface area contributed by atoms with E-state index in [0.29, 0.717) is 6.04 Å². The van der Waals surface area contributed by atoms with Crippen LogP contribution >= 0.6 is 0 Å². The summed E-state index contributed by atoms with van der Waals surface area (Å²) < 4.78 is 1.93. The average Bonchev–Trinajstić information content (AvgIpc) is 2.47. The van der Waals surface area contributed by atoms with E-state index in [1.807, 2.05) is 11.6 Å². The highest BCUT2D eigenvalue weighted by Gasteiger charge is 2.01. The van der Waals surface area contributed by atoms with Gasteiger partial charge in [-0.2, -0.15) is 0 Å². The summed E-state index contributed by atoms with van der Waals surface area (Å²) in [6, 6.07) is 0.543. The van der Waals surface area contributed by atoms with Gasteiger partial charge in [0.15, 0.2) is 0 Å². The molecule has 0 aliphatic rings. The normalized spacial score (nSPS) is 13.2. The zero-order valence-corrected chi connectivity index (χ0v) is 7.91. The van der Waals surface area contributed by atoms with Crippen molar-refractivity contribution in [3.8, 4) is 0 Å². The largest absolute Gasteiger partial charge is 0.320 e. The molecule has 0 aliphatic heterocycles. The highest BCUT2D eigenvalue weighted by molar-refractivity contribution is 4.83. The van der Waals surface area contributed by atoms with E-state index >= 15 is 0 Å². The minimum absolute atomic E-state index is 0.543. The lowest BCUT2D eigenvalue weighted by molar-refractivity contribution is 0.515. The van der Waals surface area contributed by atoms with Gasteiger partial charge in [-0.3, -0.25) is 0 Å². The van der Waals surface area contributed by atoms with Gasteiger partial charge >= 0.3 is 0 Å². The van der Waals surface area contributed by atoms with Crippen molar-refractivity contribution < 1.29 is 0 Å². The van der Waals surface area contributed by atoms with Gasteiger partial charge in [0.2, 0.25) is 0 Å². The number of rotatable bonds is 4. The Morgan fingerprint density at radius 1 is 1.67 bits per heavy atom. The Bertz CT molecular complexity index is 231. The van der Waals surface area contributed by atoms with Crippen molar-refractivity contribution in [1.82, 2.24) is 20.1 Å². The molecule has 0 saturated carbocycles. The molecule has 0 bridgehead atoms. The fourth-order valence-electron chi connectivity index (χ4n) is 0.877. The van der Waals surface area contributed by atoms with Crippen LogP contribution in [0.15, 0.2) is 6.33 Å². The Morgan fingerprint density at radius 2 is 2.42 bits per heavy atom. The lowest BCUT2D eigenvalue weighted by atomic mass is 10.2. The molecule has 1 N–H and O–H groups in total. The first-order valence-electron chi connectivity index (χ1n) is 4.30. The highest BCUT2D eigenvalue weighted by Crippen LogP contribution is 1.93. The minimum atomic E-state index is 0.543. The van der Waals surface area contributed by atoms with Crippen LogP contribution in [0.3, 0.4) is 0 Å². The van der Waals surface area contributed by atoms with Gasteiger partial charge in [0, 0.05) is 13.1 Å². The third-order valence-electron chi connectivity index (χ3n) is 2.03. The maximum atomic E-state index is 3.97. The molecule has 0 saturated heterocycles. The van der Waals surface area contributed by atoms with E-state index in [4.69, 9.17) is 0 Å². The first kappa shape index (κ1) is 9.19. The molecule has 0 aliphatic carbocycles. The van der Waals surface area contributed by atoms with Gasteiger partial charge in [0.25, 0.3) is 0 Å². The van der Waals surface area contributed by atoms with Crippen molar-refractivity contribution in [2.75, 3.05) is 0 Å². The maximum absolute atomic E-state index is 3.97. The zero-order valence-electron chi connectivity index (χ0n) is 7.91. The Morgan fingerprint density at radius 3 is 2.92 bits per heavy atom. The molecule has 1 heterocycles. The molecule has 1 unspecified atom stereocenters. The van der Waals surface area contributed by atoms with Crippen LogP contribution in [0.25, 0.3) is 0 Å². The van der Waals surface area contributed by atoms with Crippen LogP contribution in [0.1, 0.15) is 26.1 Å². The molecule has 1 aromatic rings. The summed E-state index contributed by atoms with van der Waals surface area (Å²) in [5.41, 5.74) is 0. The molecule has 0 amide bonds. The van der Waals surface area contributed by atoms with Crippen LogP contribution < -0.4 is 5.32 Å². The lowest BCUT2D eigenvalue weighted by Crippen LogP contribution is -2.25. The second kappa shape index (κ2) is 4.21. The summed E-state index contributed by atoms with van der Waals surface area (Å²) in [5, 5.41) is 11.1. The monoisotopic (exact) mass is 168 g/mol. The number of aryl methyl sites for hydroxylation is 1. The molecular formula is C8H16N4. The van der Waals surface area contributed by atoms with E-state index in [2.05, 4.69) is 29.4 Å². The van der Waals surface area contributed by atoms with Crippen molar-refractivity contribution in [2.45, 2.75) is 32.9 Å². The molecule has 4 heteroatoms. The van der Waals surface area contributed by atoms with Gasteiger partial charge in [-0.1, -0.05) is 6.92 Å². The Balaban J connectivity index is 2.38. The van der Waals surface area contributed by atoms with E-state index in [9.17, 15) is 0 Å². The minimum Gasteiger partial charge on any atom is -0.320 e. The number of nitrogens with zero attached hydrogens (tertiary/aromatic N) is 3. The second-order valence-electron chi connectivity index (χ2n) is 3.05. The van der Waals surface area contributed by atoms with Crippen molar-refractivity contribution >= 4 is 0 Å². The molecule has 0 radical (unpaired) electrons. The molecule has 4 nitrogen and oxygen atoms in total. The molecule has 1 atom stereocenters. The molecule has 0 aromatic carbocycles. The summed E-state index contributed by atoms with van der Waals surface area (Å²) in [4.78, 5) is 0. The van der Waals surface area contributed by atoms with Gasteiger partial charge in [-0.25, -0.2) is 0 Å². The third kappa shape index (κ3) is 2.30. The zero-order chi connectivity index (χ0) is 8.97.